The van der Waals surface area contributed by atoms with Gasteiger partial charge in [-0.3, -0.25) is 0 Å². The second kappa shape index (κ2) is 6.41. The highest BCUT2D eigenvalue weighted by molar-refractivity contribution is 5.67. The van der Waals surface area contributed by atoms with Gasteiger partial charge in [-0.1, -0.05) is 13.3 Å². The van der Waals surface area contributed by atoms with E-state index >= 15 is 0 Å². The van der Waals surface area contributed by atoms with E-state index in [1.807, 2.05) is 20.8 Å². The van der Waals surface area contributed by atoms with Gasteiger partial charge in [0.25, 0.3) is 0 Å². The maximum Gasteiger partial charge on any atom is 0.410 e. The minimum atomic E-state index is -0.436. The Hall–Kier alpha value is -0.770. The van der Waals surface area contributed by atoms with Crippen molar-refractivity contribution in [2.24, 2.45) is 5.92 Å². The van der Waals surface area contributed by atoms with E-state index in [1.165, 1.54) is 19.3 Å². The van der Waals surface area contributed by atoms with E-state index in [0.29, 0.717) is 19.3 Å². The highest BCUT2D eigenvalue weighted by Gasteiger charge is 2.28. The summed E-state index contributed by atoms with van der Waals surface area (Å²) in [5.41, 5.74) is -0.436. The molecule has 0 spiro atoms. The molecular formula is C14H27NO3. The molecule has 0 saturated heterocycles. The first-order valence-corrected chi connectivity index (χ1v) is 6.87. The fourth-order valence-electron chi connectivity index (χ4n) is 1.93. The van der Waals surface area contributed by atoms with Crippen LogP contribution < -0.4 is 0 Å². The van der Waals surface area contributed by atoms with Crippen LogP contribution in [0.25, 0.3) is 0 Å². The third-order valence-electron chi connectivity index (χ3n) is 3.26. The Kier molecular flexibility index (Phi) is 5.45. The first-order valence-electron chi connectivity index (χ1n) is 6.87. The lowest BCUT2D eigenvalue weighted by molar-refractivity contribution is -0.0389. The van der Waals surface area contributed by atoms with E-state index in [2.05, 4.69) is 6.92 Å². The Morgan fingerprint density at radius 1 is 1.33 bits per heavy atom. The fraction of sp³-hybridized carbons (Fsp3) is 0.929. The smallest absolute Gasteiger partial charge is 0.410 e. The quantitative estimate of drug-likeness (QED) is 0.760. The van der Waals surface area contributed by atoms with Crippen LogP contribution in [-0.2, 0) is 9.47 Å². The van der Waals surface area contributed by atoms with Gasteiger partial charge in [0.05, 0.1) is 12.7 Å². The molecule has 0 aromatic heterocycles. The number of likely N-dealkylation sites (N-methyl/N-ethyl adjacent to an activating group) is 1. The van der Waals surface area contributed by atoms with Crippen molar-refractivity contribution in [2.45, 2.75) is 58.7 Å². The van der Waals surface area contributed by atoms with Crippen molar-refractivity contribution in [1.82, 2.24) is 4.90 Å². The predicted octanol–water partition coefficient (Wildman–Crippen LogP) is 3.06. The van der Waals surface area contributed by atoms with Gasteiger partial charge in [0.15, 0.2) is 0 Å². The van der Waals surface area contributed by atoms with E-state index in [0.717, 1.165) is 5.92 Å². The van der Waals surface area contributed by atoms with Crippen LogP contribution in [0.5, 0.6) is 0 Å². The van der Waals surface area contributed by atoms with E-state index in [9.17, 15) is 4.79 Å². The lowest BCUT2D eigenvalue weighted by Gasteiger charge is -2.34. The standard InChI is InChI=1S/C14H27NO3/c1-6-11-9-12(10-11)17-8-7-15(5)13(16)18-14(2,3)4/h11-12H,6-10H2,1-5H3/t11-,12-. The lowest BCUT2D eigenvalue weighted by Crippen LogP contribution is -2.38. The number of amides is 1. The van der Waals surface area contributed by atoms with Crippen LogP contribution in [0.1, 0.15) is 47.0 Å². The summed E-state index contributed by atoms with van der Waals surface area (Å²) in [6.07, 6.45) is 3.71. The number of hydrogen-bond acceptors (Lipinski definition) is 3. The molecule has 1 saturated carbocycles. The summed E-state index contributed by atoms with van der Waals surface area (Å²) < 4.78 is 11.0. The van der Waals surface area contributed by atoms with Gasteiger partial charge in [-0.2, -0.15) is 0 Å². The summed E-state index contributed by atoms with van der Waals surface area (Å²) in [7, 11) is 1.74. The van der Waals surface area contributed by atoms with Crippen LogP contribution in [0.15, 0.2) is 0 Å². The van der Waals surface area contributed by atoms with Gasteiger partial charge < -0.3 is 14.4 Å². The highest BCUT2D eigenvalue weighted by atomic mass is 16.6. The summed E-state index contributed by atoms with van der Waals surface area (Å²) >= 11 is 0. The van der Waals surface area contributed by atoms with E-state index in [-0.39, 0.29) is 6.09 Å². The zero-order valence-corrected chi connectivity index (χ0v) is 12.4. The largest absolute Gasteiger partial charge is 0.444 e. The Labute approximate surface area is 111 Å². The summed E-state index contributed by atoms with van der Waals surface area (Å²) in [5, 5.41) is 0. The third kappa shape index (κ3) is 5.25. The Morgan fingerprint density at radius 2 is 1.94 bits per heavy atom. The van der Waals surface area contributed by atoms with Crippen LogP contribution in [0, 0.1) is 5.92 Å². The van der Waals surface area contributed by atoms with Crippen molar-refractivity contribution in [3.8, 4) is 0 Å². The zero-order chi connectivity index (χ0) is 13.8. The van der Waals surface area contributed by atoms with Crippen molar-refractivity contribution >= 4 is 6.09 Å². The first-order chi connectivity index (χ1) is 8.31. The van der Waals surface area contributed by atoms with Gasteiger partial charge in [0.1, 0.15) is 5.60 Å². The van der Waals surface area contributed by atoms with Crippen LogP contribution >= 0.6 is 0 Å². The number of rotatable bonds is 5. The monoisotopic (exact) mass is 257 g/mol. The van der Waals surface area contributed by atoms with Crippen molar-refractivity contribution in [3.05, 3.63) is 0 Å². The minimum absolute atomic E-state index is 0.286. The number of carbonyl (C=O) groups excluding carboxylic acids is 1. The van der Waals surface area contributed by atoms with E-state index in [4.69, 9.17) is 9.47 Å². The molecule has 1 rings (SSSR count). The van der Waals surface area contributed by atoms with E-state index < -0.39 is 5.60 Å². The number of nitrogens with zero attached hydrogens (tertiary/aromatic N) is 1. The molecule has 0 aromatic rings. The van der Waals surface area contributed by atoms with Crippen LogP contribution in [0.3, 0.4) is 0 Å². The first kappa shape index (κ1) is 15.3. The molecule has 4 nitrogen and oxygen atoms in total. The molecule has 0 N–H and O–H groups in total. The summed E-state index contributed by atoms with van der Waals surface area (Å²) in [6.45, 7) is 9.01. The number of ether oxygens (including phenoxy) is 2. The number of hydrogen-bond donors (Lipinski definition) is 0. The Morgan fingerprint density at radius 3 is 2.44 bits per heavy atom. The average Bonchev–Trinajstić information content (AvgIpc) is 2.18. The van der Waals surface area contributed by atoms with Crippen molar-refractivity contribution in [1.29, 1.82) is 0 Å². The molecule has 4 heteroatoms. The molecule has 106 valence electrons. The molecule has 18 heavy (non-hydrogen) atoms. The molecule has 1 fully saturated rings. The molecule has 1 aliphatic carbocycles. The SMILES string of the molecule is CC[C@H]1C[C@H](OCCN(C)C(=O)OC(C)(C)C)C1. The minimum Gasteiger partial charge on any atom is -0.444 e. The molecule has 0 aromatic carbocycles. The van der Waals surface area contributed by atoms with Gasteiger partial charge >= 0.3 is 6.09 Å². The molecule has 0 unspecified atom stereocenters. The van der Waals surface area contributed by atoms with Crippen LogP contribution in [-0.4, -0.2) is 42.9 Å². The maximum absolute atomic E-state index is 11.7. The normalized spacial score (nSPS) is 23.4. The van der Waals surface area contributed by atoms with Gasteiger partial charge in [0, 0.05) is 13.6 Å². The molecule has 0 atom stereocenters. The van der Waals surface area contributed by atoms with Crippen molar-refractivity contribution < 1.29 is 14.3 Å². The maximum atomic E-state index is 11.7. The molecule has 0 heterocycles. The second-order valence-electron chi connectivity index (χ2n) is 6.14. The molecule has 0 aliphatic heterocycles. The summed E-state index contributed by atoms with van der Waals surface area (Å²) in [5.74, 6) is 0.846. The van der Waals surface area contributed by atoms with E-state index in [1.54, 1.807) is 11.9 Å². The molecular weight excluding hydrogens is 230 g/mol. The fourth-order valence-corrected chi connectivity index (χ4v) is 1.93. The second-order valence-corrected chi connectivity index (χ2v) is 6.14. The Bertz CT molecular complexity index is 267. The van der Waals surface area contributed by atoms with Gasteiger partial charge in [-0.05, 0) is 39.5 Å². The van der Waals surface area contributed by atoms with Gasteiger partial charge in [-0.25, -0.2) is 4.79 Å². The lowest BCUT2D eigenvalue weighted by atomic mass is 9.80. The van der Waals surface area contributed by atoms with Gasteiger partial charge in [0.2, 0.25) is 0 Å². The third-order valence-corrected chi connectivity index (χ3v) is 3.26. The zero-order valence-electron chi connectivity index (χ0n) is 12.4. The molecule has 0 radical (unpaired) electrons. The average molecular weight is 257 g/mol. The van der Waals surface area contributed by atoms with Crippen molar-refractivity contribution in [2.75, 3.05) is 20.2 Å². The molecule has 0 bridgehead atoms. The highest BCUT2D eigenvalue weighted by Crippen LogP contribution is 2.32. The van der Waals surface area contributed by atoms with Crippen molar-refractivity contribution in [3.63, 3.8) is 0 Å². The van der Waals surface area contributed by atoms with Gasteiger partial charge in [-0.15, -0.1) is 0 Å². The molecule has 1 amide bonds. The summed E-state index contributed by atoms with van der Waals surface area (Å²) in [4.78, 5) is 13.2. The van der Waals surface area contributed by atoms with Crippen LogP contribution in [0.2, 0.25) is 0 Å². The summed E-state index contributed by atoms with van der Waals surface area (Å²) in [6, 6.07) is 0. The number of carbonyl (C=O) groups is 1. The Balaban J connectivity index is 2.10. The van der Waals surface area contributed by atoms with Crippen LogP contribution in [0.4, 0.5) is 4.79 Å². The topological polar surface area (TPSA) is 38.8 Å². The molecule has 1 aliphatic rings. The predicted molar refractivity (Wildman–Crippen MR) is 71.6 cm³/mol.